The first-order valence-electron chi connectivity index (χ1n) is 5.55. The number of ketones is 1. The van der Waals surface area contributed by atoms with E-state index >= 15 is 0 Å². The minimum atomic E-state index is 0.0553. The van der Waals surface area contributed by atoms with Crippen LogP contribution in [0.4, 0.5) is 5.69 Å². The third-order valence-corrected chi connectivity index (χ3v) is 3.24. The smallest absolute Gasteiger partial charge is 0.167 e. The summed E-state index contributed by atoms with van der Waals surface area (Å²) in [7, 11) is 0. The lowest BCUT2D eigenvalue weighted by Gasteiger charge is -2.07. The van der Waals surface area contributed by atoms with E-state index in [4.69, 9.17) is 5.73 Å². The quantitative estimate of drug-likeness (QED) is 0.700. The molecule has 0 aliphatic carbocycles. The number of pyridine rings is 1. The number of hydrogen-bond donors (Lipinski definition) is 1. The second kappa shape index (κ2) is 5.31. The fourth-order valence-corrected chi connectivity index (χ4v) is 2.20. The van der Waals surface area contributed by atoms with Crippen molar-refractivity contribution in [1.82, 2.24) is 4.98 Å². The van der Waals surface area contributed by atoms with Crippen molar-refractivity contribution < 1.29 is 4.79 Å². The molecule has 0 aliphatic heterocycles. The lowest BCUT2D eigenvalue weighted by Crippen LogP contribution is -2.07. The molecule has 1 heterocycles. The number of nitrogens with zero attached hydrogens (tertiary/aromatic N) is 1. The molecule has 1 aromatic carbocycles. The van der Waals surface area contributed by atoms with Crippen molar-refractivity contribution in [3.8, 4) is 0 Å². The van der Waals surface area contributed by atoms with E-state index in [-0.39, 0.29) is 5.78 Å². The first-order chi connectivity index (χ1) is 8.58. The molecule has 0 radical (unpaired) electrons. The molecule has 0 amide bonds. The Morgan fingerprint density at radius 2 is 2.17 bits per heavy atom. The van der Waals surface area contributed by atoms with Gasteiger partial charge in [-0.25, -0.2) is 0 Å². The summed E-state index contributed by atoms with van der Waals surface area (Å²) in [5.41, 5.74) is 8.85. The van der Waals surface area contributed by atoms with Gasteiger partial charge in [0.1, 0.15) is 0 Å². The molecule has 18 heavy (non-hydrogen) atoms. The normalized spacial score (nSPS) is 10.3. The zero-order chi connectivity index (χ0) is 13.1. The van der Waals surface area contributed by atoms with Crippen LogP contribution < -0.4 is 5.73 Å². The molecule has 92 valence electrons. The molecule has 2 aromatic rings. The number of aromatic nitrogens is 1. The van der Waals surface area contributed by atoms with E-state index in [1.807, 2.05) is 13.0 Å². The van der Waals surface area contributed by atoms with Crippen molar-refractivity contribution in [2.75, 3.05) is 5.73 Å². The summed E-state index contributed by atoms with van der Waals surface area (Å²) in [5, 5.41) is 0. The first-order valence-corrected chi connectivity index (χ1v) is 6.35. The Balaban J connectivity index is 2.25. The van der Waals surface area contributed by atoms with Gasteiger partial charge in [-0.2, -0.15) is 0 Å². The van der Waals surface area contributed by atoms with Gasteiger partial charge < -0.3 is 5.73 Å². The second-order valence-corrected chi connectivity index (χ2v) is 5.05. The molecule has 2 rings (SSSR count). The number of nitrogen functional groups attached to an aromatic ring is 1. The van der Waals surface area contributed by atoms with E-state index in [1.54, 1.807) is 30.6 Å². The zero-order valence-electron chi connectivity index (χ0n) is 9.98. The number of anilines is 1. The minimum absolute atomic E-state index is 0.0553. The lowest BCUT2D eigenvalue weighted by atomic mass is 9.99. The summed E-state index contributed by atoms with van der Waals surface area (Å²) in [6, 6.07) is 7.30. The minimum Gasteiger partial charge on any atom is -0.398 e. The van der Waals surface area contributed by atoms with Crippen LogP contribution in [0.25, 0.3) is 0 Å². The van der Waals surface area contributed by atoms with Gasteiger partial charge in [-0.1, -0.05) is 12.1 Å². The molecular formula is C14H13BrN2O. The van der Waals surface area contributed by atoms with Crippen LogP contribution in [-0.4, -0.2) is 10.8 Å². The van der Waals surface area contributed by atoms with Crippen LogP contribution in [0.1, 0.15) is 21.5 Å². The van der Waals surface area contributed by atoms with Crippen molar-refractivity contribution in [3.05, 3.63) is 57.8 Å². The Kier molecular flexibility index (Phi) is 3.77. The number of Topliss-reactive ketones (excluding diaryl/α,β-unsaturated/α-hetero) is 1. The predicted octanol–water partition coefficient (Wildman–Crippen LogP) is 3.16. The van der Waals surface area contributed by atoms with Crippen molar-refractivity contribution in [3.63, 3.8) is 0 Å². The van der Waals surface area contributed by atoms with Gasteiger partial charge in [-0.05, 0) is 46.1 Å². The zero-order valence-corrected chi connectivity index (χ0v) is 11.6. The van der Waals surface area contributed by atoms with Crippen molar-refractivity contribution in [2.24, 2.45) is 0 Å². The van der Waals surface area contributed by atoms with Gasteiger partial charge >= 0.3 is 0 Å². The molecule has 0 saturated heterocycles. The lowest BCUT2D eigenvalue weighted by molar-refractivity contribution is 0.0992. The third kappa shape index (κ3) is 2.76. The van der Waals surface area contributed by atoms with Gasteiger partial charge in [0.15, 0.2) is 5.78 Å². The van der Waals surface area contributed by atoms with Crippen molar-refractivity contribution >= 4 is 27.4 Å². The fourth-order valence-electron chi connectivity index (χ4n) is 1.79. The van der Waals surface area contributed by atoms with Crippen LogP contribution in [0.15, 0.2) is 41.1 Å². The van der Waals surface area contributed by atoms with E-state index < -0.39 is 0 Å². The summed E-state index contributed by atoms with van der Waals surface area (Å²) in [6.07, 6.45) is 3.72. The van der Waals surface area contributed by atoms with E-state index in [2.05, 4.69) is 20.9 Å². The summed E-state index contributed by atoms with van der Waals surface area (Å²) in [6.45, 7) is 1.86. The SMILES string of the molecule is Cc1c(N)cccc1C(=O)Cc1cncc(Br)c1. The summed E-state index contributed by atoms with van der Waals surface area (Å²) in [5.74, 6) is 0.0553. The molecule has 0 aliphatic rings. The van der Waals surface area contributed by atoms with Crippen molar-refractivity contribution in [1.29, 1.82) is 0 Å². The van der Waals surface area contributed by atoms with Crippen LogP contribution in [0.3, 0.4) is 0 Å². The molecule has 0 spiro atoms. The fraction of sp³-hybridized carbons (Fsp3) is 0.143. The number of halogens is 1. The Labute approximate surface area is 114 Å². The maximum Gasteiger partial charge on any atom is 0.167 e. The van der Waals surface area contributed by atoms with Gasteiger partial charge in [-0.3, -0.25) is 9.78 Å². The van der Waals surface area contributed by atoms with E-state index in [0.29, 0.717) is 17.7 Å². The first kappa shape index (κ1) is 12.8. The number of benzene rings is 1. The third-order valence-electron chi connectivity index (χ3n) is 2.80. The number of carbonyl (C=O) groups is 1. The molecule has 1 aromatic heterocycles. The largest absolute Gasteiger partial charge is 0.398 e. The summed E-state index contributed by atoms with van der Waals surface area (Å²) in [4.78, 5) is 16.2. The highest BCUT2D eigenvalue weighted by atomic mass is 79.9. The van der Waals surface area contributed by atoms with E-state index in [9.17, 15) is 4.79 Å². The van der Waals surface area contributed by atoms with Gasteiger partial charge in [0, 0.05) is 34.5 Å². The van der Waals surface area contributed by atoms with Gasteiger partial charge in [0.2, 0.25) is 0 Å². The Bertz CT molecular complexity index is 596. The topological polar surface area (TPSA) is 56.0 Å². The Morgan fingerprint density at radius 1 is 1.39 bits per heavy atom. The molecule has 2 N–H and O–H groups in total. The average Bonchev–Trinajstić information content (AvgIpc) is 2.32. The molecule has 0 unspecified atom stereocenters. The standard InChI is InChI=1S/C14H13BrN2O/c1-9-12(3-2-4-13(9)16)14(18)6-10-5-11(15)8-17-7-10/h2-5,7-8H,6,16H2,1H3. The van der Waals surface area contributed by atoms with Gasteiger partial charge in [-0.15, -0.1) is 0 Å². The summed E-state index contributed by atoms with van der Waals surface area (Å²) >= 11 is 3.34. The van der Waals surface area contributed by atoms with Crippen molar-refractivity contribution in [2.45, 2.75) is 13.3 Å². The molecule has 3 nitrogen and oxygen atoms in total. The highest BCUT2D eigenvalue weighted by molar-refractivity contribution is 9.10. The maximum absolute atomic E-state index is 12.2. The molecular weight excluding hydrogens is 292 g/mol. The number of nitrogens with two attached hydrogens (primary N) is 1. The number of hydrogen-bond acceptors (Lipinski definition) is 3. The molecule has 0 saturated carbocycles. The predicted molar refractivity (Wildman–Crippen MR) is 75.6 cm³/mol. The highest BCUT2D eigenvalue weighted by Gasteiger charge is 2.11. The van der Waals surface area contributed by atoms with Gasteiger partial charge in [0.25, 0.3) is 0 Å². The molecule has 0 bridgehead atoms. The molecule has 4 heteroatoms. The van der Waals surface area contributed by atoms with Crippen LogP contribution >= 0.6 is 15.9 Å². The monoisotopic (exact) mass is 304 g/mol. The van der Waals surface area contributed by atoms with E-state index in [0.717, 1.165) is 15.6 Å². The van der Waals surface area contributed by atoms with Crippen LogP contribution in [0.2, 0.25) is 0 Å². The van der Waals surface area contributed by atoms with E-state index in [1.165, 1.54) is 0 Å². The highest BCUT2D eigenvalue weighted by Crippen LogP contribution is 2.18. The Morgan fingerprint density at radius 3 is 2.89 bits per heavy atom. The number of carbonyl (C=O) groups excluding carboxylic acids is 1. The summed E-state index contributed by atoms with van der Waals surface area (Å²) < 4.78 is 0.872. The van der Waals surface area contributed by atoms with Gasteiger partial charge in [0.05, 0.1) is 0 Å². The van der Waals surface area contributed by atoms with Crippen LogP contribution in [-0.2, 0) is 6.42 Å². The van der Waals surface area contributed by atoms with Crippen LogP contribution in [0, 0.1) is 6.92 Å². The average molecular weight is 305 g/mol. The van der Waals surface area contributed by atoms with Crippen LogP contribution in [0.5, 0.6) is 0 Å². The molecule has 0 atom stereocenters. The second-order valence-electron chi connectivity index (χ2n) is 4.13. The molecule has 0 fully saturated rings. The Hall–Kier alpha value is -1.68. The number of rotatable bonds is 3. The maximum atomic E-state index is 12.2.